The van der Waals surface area contributed by atoms with Crippen molar-refractivity contribution in [1.82, 2.24) is 4.57 Å². The van der Waals surface area contributed by atoms with Gasteiger partial charge >= 0.3 is 0 Å². The summed E-state index contributed by atoms with van der Waals surface area (Å²) in [5.41, 5.74) is 4.28. The van der Waals surface area contributed by atoms with Crippen LogP contribution in [0.25, 0.3) is 10.9 Å². The zero-order valence-electron chi connectivity index (χ0n) is 11.5. The van der Waals surface area contributed by atoms with E-state index in [1.54, 1.807) is 7.11 Å². The molecule has 0 radical (unpaired) electrons. The number of hydrogen-bond acceptors (Lipinski definition) is 1. The summed E-state index contributed by atoms with van der Waals surface area (Å²) >= 11 is 0. The number of ether oxygens (including phenoxy) is 1. The second-order valence-corrected chi connectivity index (χ2v) is 5.46. The molecule has 20 heavy (non-hydrogen) atoms. The summed E-state index contributed by atoms with van der Waals surface area (Å²) in [5.74, 6) is 1.60. The lowest BCUT2D eigenvalue weighted by molar-refractivity contribution is 0.420. The first-order chi connectivity index (χ1) is 9.86. The Kier molecular flexibility index (Phi) is 2.56. The van der Waals surface area contributed by atoms with E-state index < -0.39 is 0 Å². The highest BCUT2D eigenvalue weighted by Gasteiger charge is 2.25. The molecule has 3 aromatic rings. The highest BCUT2D eigenvalue weighted by Crippen LogP contribution is 2.37. The Labute approximate surface area is 118 Å². The van der Waals surface area contributed by atoms with Crippen LogP contribution >= 0.6 is 0 Å². The van der Waals surface area contributed by atoms with Gasteiger partial charge in [0.25, 0.3) is 0 Å². The van der Waals surface area contributed by atoms with Crippen molar-refractivity contribution in [3.05, 3.63) is 65.9 Å². The molecule has 0 aliphatic heterocycles. The largest absolute Gasteiger partial charge is 0.496 e. The van der Waals surface area contributed by atoms with E-state index >= 15 is 0 Å². The lowest BCUT2D eigenvalue weighted by atomic mass is 9.77. The smallest absolute Gasteiger partial charge is 0.128 e. The third-order valence-electron chi connectivity index (χ3n) is 4.37. The Balaban J connectivity index is 1.68. The minimum Gasteiger partial charge on any atom is -0.496 e. The zero-order chi connectivity index (χ0) is 13.5. The molecule has 1 aliphatic carbocycles. The van der Waals surface area contributed by atoms with Gasteiger partial charge < -0.3 is 9.30 Å². The first kappa shape index (κ1) is 11.6. The SMILES string of the molecule is COc1cccc2c1ccn2CC1Cc2ccccc21. The molecule has 1 atom stereocenters. The van der Waals surface area contributed by atoms with Crippen molar-refractivity contribution in [3.8, 4) is 5.75 Å². The van der Waals surface area contributed by atoms with E-state index in [2.05, 4.69) is 53.2 Å². The normalized spacial score (nSPS) is 16.8. The minimum absolute atomic E-state index is 0.646. The van der Waals surface area contributed by atoms with Gasteiger partial charge in [0, 0.05) is 24.0 Å². The van der Waals surface area contributed by atoms with Crippen LogP contribution in [0.4, 0.5) is 0 Å². The maximum absolute atomic E-state index is 5.43. The number of fused-ring (bicyclic) bond motifs is 2. The Bertz CT molecular complexity index is 772. The molecule has 2 aromatic carbocycles. The van der Waals surface area contributed by atoms with Crippen LogP contribution in [0.1, 0.15) is 17.0 Å². The van der Waals surface area contributed by atoms with Crippen molar-refractivity contribution in [3.63, 3.8) is 0 Å². The molecule has 100 valence electrons. The zero-order valence-corrected chi connectivity index (χ0v) is 11.5. The van der Waals surface area contributed by atoms with Crippen LogP contribution in [0.2, 0.25) is 0 Å². The number of benzene rings is 2. The summed E-state index contributed by atoms with van der Waals surface area (Å²) in [7, 11) is 1.73. The van der Waals surface area contributed by atoms with E-state index in [1.807, 2.05) is 6.07 Å². The molecule has 2 nitrogen and oxygen atoms in total. The number of aromatic nitrogens is 1. The molecule has 4 rings (SSSR count). The van der Waals surface area contributed by atoms with E-state index in [4.69, 9.17) is 4.74 Å². The van der Waals surface area contributed by atoms with Crippen molar-refractivity contribution in [2.45, 2.75) is 18.9 Å². The van der Waals surface area contributed by atoms with Gasteiger partial charge in [0.05, 0.1) is 12.6 Å². The van der Waals surface area contributed by atoms with E-state index in [0.717, 1.165) is 12.3 Å². The summed E-state index contributed by atoms with van der Waals surface area (Å²) < 4.78 is 7.77. The highest BCUT2D eigenvalue weighted by molar-refractivity contribution is 5.86. The summed E-state index contributed by atoms with van der Waals surface area (Å²) in [6.45, 7) is 1.05. The predicted molar refractivity (Wildman–Crippen MR) is 81.4 cm³/mol. The van der Waals surface area contributed by atoms with Gasteiger partial charge in [-0.15, -0.1) is 0 Å². The summed E-state index contributed by atoms with van der Waals surface area (Å²) in [6, 6.07) is 17.2. The molecule has 2 heteroatoms. The summed E-state index contributed by atoms with van der Waals surface area (Å²) in [4.78, 5) is 0. The van der Waals surface area contributed by atoms with Crippen molar-refractivity contribution in [2.24, 2.45) is 0 Å². The molecule has 0 saturated carbocycles. The van der Waals surface area contributed by atoms with Gasteiger partial charge in [-0.1, -0.05) is 30.3 Å². The van der Waals surface area contributed by atoms with Crippen molar-refractivity contribution in [1.29, 1.82) is 0 Å². The van der Waals surface area contributed by atoms with Crippen molar-refractivity contribution >= 4 is 10.9 Å². The van der Waals surface area contributed by atoms with Gasteiger partial charge in [0.15, 0.2) is 0 Å². The van der Waals surface area contributed by atoms with Crippen LogP contribution in [0, 0.1) is 0 Å². The topological polar surface area (TPSA) is 14.2 Å². The minimum atomic E-state index is 0.646. The Hall–Kier alpha value is -2.22. The molecule has 0 N–H and O–H groups in total. The number of methoxy groups -OCH3 is 1. The molecule has 0 fully saturated rings. The van der Waals surface area contributed by atoms with E-state index in [0.29, 0.717) is 5.92 Å². The van der Waals surface area contributed by atoms with Crippen LogP contribution in [-0.4, -0.2) is 11.7 Å². The predicted octanol–water partition coefficient (Wildman–Crippen LogP) is 3.99. The van der Waals surface area contributed by atoms with Crippen LogP contribution in [0.5, 0.6) is 5.75 Å². The Morgan fingerprint density at radius 3 is 2.85 bits per heavy atom. The Morgan fingerprint density at radius 2 is 2.00 bits per heavy atom. The number of rotatable bonds is 3. The van der Waals surface area contributed by atoms with Crippen LogP contribution < -0.4 is 4.74 Å². The summed E-state index contributed by atoms with van der Waals surface area (Å²) in [5, 5.41) is 1.20. The highest BCUT2D eigenvalue weighted by atomic mass is 16.5. The fraction of sp³-hybridized carbons (Fsp3) is 0.222. The lowest BCUT2D eigenvalue weighted by Crippen LogP contribution is -2.21. The van der Waals surface area contributed by atoms with Gasteiger partial charge in [0.2, 0.25) is 0 Å². The fourth-order valence-corrected chi connectivity index (χ4v) is 3.30. The molecule has 1 aliphatic rings. The van der Waals surface area contributed by atoms with Crippen LogP contribution in [-0.2, 0) is 13.0 Å². The van der Waals surface area contributed by atoms with Crippen LogP contribution in [0.3, 0.4) is 0 Å². The third kappa shape index (κ3) is 1.64. The number of nitrogens with zero attached hydrogens (tertiary/aromatic N) is 1. The average Bonchev–Trinajstić information content (AvgIpc) is 2.88. The quantitative estimate of drug-likeness (QED) is 0.697. The maximum Gasteiger partial charge on any atom is 0.128 e. The lowest BCUT2D eigenvalue weighted by Gasteiger charge is -2.30. The molecule has 0 amide bonds. The third-order valence-corrected chi connectivity index (χ3v) is 4.37. The van der Waals surface area contributed by atoms with Crippen molar-refractivity contribution in [2.75, 3.05) is 7.11 Å². The molecular formula is C18H17NO. The standard InChI is InChI=1S/C18H17NO/c1-20-18-8-4-7-17-16(18)9-10-19(17)12-14-11-13-5-2-3-6-15(13)14/h2-10,14H,11-12H2,1H3. The first-order valence-corrected chi connectivity index (χ1v) is 7.06. The first-order valence-electron chi connectivity index (χ1n) is 7.06. The van der Waals surface area contributed by atoms with E-state index in [1.165, 1.54) is 28.5 Å². The monoisotopic (exact) mass is 263 g/mol. The fourth-order valence-electron chi connectivity index (χ4n) is 3.30. The van der Waals surface area contributed by atoms with E-state index in [-0.39, 0.29) is 0 Å². The molecule has 1 unspecified atom stereocenters. The molecular weight excluding hydrogens is 246 g/mol. The van der Waals surface area contributed by atoms with Gasteiger partial charge in [-0.05, 0) is 35.7 Å². The molecule has 0 spiro atoms. The maximum atomic E-state index is 5.43. The second kappa shape index (κ2) is 4.41. The van der Waals surface area contributed by atoms with Gasteiger partial charge in [-0.25, -0.2) is 0 Å². The Morgan fingerprint density at radius 1 is 1.10 bits per heavy atom. The molecule has 0 saturated heterocycles. The number of hydrogen-bond donors (Lipinski definition) is 0. The van der Waals surface area contributed by atoms with Crippen LogP contribution in [0.15, 0.2) is 54.7 Å². The van der Waals surface area contributed by atoms with E-state index in [9.17, 15) is 0 Å². The summed E-state index contributed by atoms with van der Waals surface area (Å²) in [6.07, 6.45) is 3.37. The average molecular weight is 263 g/mol. The van der Waals surface area contributed by atoms with Gasteiger partial charge in [-0.3, -0.25) is 0 Å². The molecule has 1 aromatic heterocycles. The molecule has 0 bridgehead atoms. The van der Waals surface area contributed by atoms with Gasteiger partial charge in [0.1, 0.15) is 5.75 Å². The second-order valence-electron chi connectivity index (χ2n) is 5.46. The van der Waals surface area contributed by atoms with Gasteiger partial charge in [-0.2, -0.15) is 0 Å². The van der Waals surface area contributed by atoms with Crippen molar-refractivity contribution < 1.29 is 4.74 Å². The molecule has 1 heterocycles.